The fourth-order valence-electron chi connectivity index (χ4n) is 3.04. The number of imidazole rings is 1. The number of nitrogens with one attached hydrogen (secondary N) is 3. The van der Waals surface area contributed by atoms with Gasteiger partial charge >= 0.3 is 11.9 Å². The van der Waals surface area contributed by atoms with Crippen molar-refractivity contribution in [2.75, 3.05) is 13.1 Å². The Morgan fingerprint density at radius 2 is 2.00 bits per heavy atom. The van der Waals surface area contributed by atoms with Crippen LogP contribution in [0.3, 0.4) is 0 Å². The molecule has 2 aromatic rings. The summed E-state index contributed by atoms with van der Waals surface area (Å²) in [7, 11) is 0. The summed E-state index contributed by atoms with van der Waals surface area (Å²) in [6.45, 7) is 0.259. The summed E-state index contributed by atoms with van der Waals surface area (Å²) in [6, 6.07) is -2.37. The van der Waals surface area contributed by atoms with E-state index in [0.717, 1.165) is 12.8 Å². The van der Waals surface area contributed by atoms with E-state index in [1.165, 1.54) is 12.5 Å². The minimum absolute atomic E-state index is 0.0264. The third-order valence-electron chi connectivity index (χ3n) is 4.82. The van der Waals surface area contributed by atoms with Gasteiger partial charge in [-0.25, -0.2) is 9.78 Å². The molecule has 1 amide bonds. The Kier molecular flexibility index (Phi) is 10.4. The first-order valence-corrected chi connectivity index (χ1v) is 10.5. The number of H-pyrrole nitrogens is 1. The maximum Gasteiger partial charge on any atom is 0.326 e. The fourth-order valence-corrected chi connectivity index (χ4v) is 3.04. The maximum atomic E-state index is 12.3. The zero-order chi connectivity index (χ0) is 24.2. The number of aromatic amines is 1. The fraction of sp³-hybridized carbons (Fsp3) is 0.579. The zero-order valence-corrected chi connectivity index (χ0v) is 18.1. The highest BCUT2D eigenvalue weighted by Crippen LogP contribution is 2.20. The Morgan fingerprint density at radius 3 is 2.64 bits per heavy atom. The number of nitrogens with two attached hydrogens (primary N) is 2. The molecule has 182 valence electrons. The Bertz CT molecular complexity index is 887. The van der Waals surface area contributed by atoms with Gasteiger partial charge in [0.2, 0.25) is 11.8 Å². The predicted molar refractivity (Wildman–Crippen MR) is 114 cm³/mol. The van der Waals surface area contributed by atoms with Crippen molar-refractivity contribution in [1.82, 2.24) is 30.7 Å². The number of nitrogens with zero attached hydrogens (tertiary/aromatic N) is 3. The molecule has 0 spiro atoms. The summed E-state index contributed by atoms with van der Waals surface area (Å²) < 4.78 is 5.25. The van der Waals surface area contributed by atoms with E-state index in [4.69, 9.17) is 21.1 Å². The van der Waals surface area contributed by atoms with Crippen LogP contribution >= 0.6 is 0 Å². The van der Waals surface area contributed by atoms with Crippen molar-refractivity contribution in [1.29, 1.82) is 0 Å². The Morgan fingerprint density at radius 1 is 1.21 bits per heavy atom. The van der Waals surface area contributed by atoms with Gasteiger partial charge in [-0.1, -0.05) is 11.6 Å². The lowest BCUT2D eigenvalue weighted by Crippen LogP contribution is -2.46. The van der Waals surface area contributed by atoms with Gasteiger partial charge < -0.3 is 36.5 Å². The summed E-state index contributed by atoms with van der Waals surface area (Å²) in [5, 5.41) is 27.5. The van der Waals surface area contributed by atoms with E-state index in [0.29, 0.717) is 18.7 Å². The van der Waals surface area contributed by atoms with Crippen LogP contribution in [0.1, 0.15) is 61.6 Å². The molecule has 0 radical (unpaired) electrons. The number of unbranched alkanes of at least 4 members (excludes halogenated alkanes) is 1. The van der Waals surface area contributed by atoms with Crippen molar-refractivity contribution in [3.05, 3.63) is 29.9 Å². The van der Waals surface area contributed by atoms with Crippen LogP contribution in [-0.2, 0) is 20.8 Å². The van der Waals surface area contributed by atoms with Crippen LogP contribution in [0.5, 0.6) is 0 Å². The van der Waals surface area contributed by atoms with Crippen molar-refractivity contribution < 1.29 is 29.1 Å². The molecular weight excluding hydrogens is 436 g/mol. The lowest BCUT2D eigenvalue weighted by Gasteiger charge is -2.17. The third-order valence-corrected chi connectivity index (χ3v) is 4.82. The number of carboxylic acids is 2. The van der Waals surface area contributed by atoms with Crippen molar-refractivity contribution in [3.8, 4) is 0 Å². The van der Waals surface area contributed by atoms with Gasteiger partial charge in [-0.2, -0.15) is 4.98 Å². The van der Waals surface area contributed by atoms with E-state index >= 15 is 0 Å². The number of rotatable bonds is 16. The monoisotopic (exact) mass is 466 g/mol. The smallest absolute Gasteiger partial charge is 0.326 e. The zero-order valence-electron chi connectivity index (χ0n) is 18.1. The van der Waals surface area contributed by atoms with Gasteiger partial charge in [-0.3, -0.25) is 14.9 Å². The van der Waals surface area contributed by atoms with E-state index in [9.17, 15) is 19.5 Å². The SMILES string of the molecule is NCCCC[C@H](N)c1noc([C@H](CCC(=O)O)NCC(=O)N[C@@H](Cc2cnc[nH]2)C(=O)O)n1. The van der Waals surface area contributed by atoms with E-state index in [1.807, 2.05) is 0 Å². The molecule has 0 unspecified atom stereocenters. The van der Waals surface area contributed by atoms with Crippen molar-refractivity contribution in [2.24, 2.45) is 11.5 Å². The number of hydrogen-bond donors (Lipinski definition) is 7. The molecule has 0 aliphatic rings. The molecule has 0 aliphatic carbocycles. The largest absolute Gasteiger partial charge is 0.481 e. The normalized spacial score (nSPS) is 13.9. The van der Waals surface area contributed by atoms with E-state index in [2.05, 4.69) is 30.7 Å². The first-order chi connectivity index (χ1) is 15.8. The van der Waals surface area contributed by atoms with E-state index < -0.39 is 36.0 Å². The summed E-state index contributed by atoms with van der Waals surface area (Å²) in [5.41, 5.74) is 12.1. The lowest BCUT2D eigenvalue weighted by molar-refractivity contribution is -0.141. The summed E-state index contributed by atoms with van der Waals surface area (Å²) >= 11 is 0. The Balaban J connectivity index is 1.97. The molecule has 14 nitrogen and oxygen atoms in total. The van der Waals surface area contributed by atoms with Crippen LogP contribution in [0, 0.1) is 0 Å². The van der Waals surface area contributed by atoms with Crippen LogP contribution in [-0.4, -0.2) is 67.3 Å². The minimum atomic E-state index is -1.20. The van der Waals surface area contributed by atoms with E-state index in [-0.39, 0.29) is 37.5 Å². The maximum absolute atomic E-state index is 12.3. The van der Waals surface area contributed by atoms with Crippen LogP contribution in [0.4, 0.5) is 0 Å². The molecule has 2 aromatic heterocycles. The number of hydrogen-bond acceptors (Lipinski definition) is 10. The molecule has 14 heteroatoms. The van der Waals surface area contributed by atoms with Gasteiger partial charge in [-0.15, -0.1) is 0 Å². The molecular formula is C19H30N8O6. The molecule has 9 N–H and O–H groups in total. The number of aliphatic carboxylic acids is 2. The number of aromatic nitrogens is 4. The van der Waals surface area contributed by atoms with Crippen LogP contribution in [0.25, 0.3) is 0 Å². The summed E-state index contributed by atoms with van der Waals surface area (Å²) in [5.74, 6) is -2.46. The molecule has 2 rings (SSSR count). The molecule has 33 heavy (non-hydrogen) atoms. The van der Waals surface area contributed by atoms with E-state index in [1.54, 1.807) is 0 Å². The minimum Gasteiger partial charge on any atom is -0.481 e. The lowest BCUT2D eigenvalue weighted by atomic mass is 10.1. The first kappa shape index (κ1) is 25.9. The van der Waals surface area contributed by atoms with Crippen molar-refractivity contribution in [3.63, 3.8) is 0 Å². The quantitative estimate of drug-likeness (QED) is 0.151. The first-order valence-electron chi connectivity index (χ1n) is 10.5. The van der Waals surface area contributed by atoms with Gasteiger partial charge in [0, 0.05) is 24.7 Å². The second kappa shape index (κ2) is 13.2. The summed E-state index contributed by atoms with van der Waals surface area (Å²) in [4.78, 5) is 45.7. The van der Waals surface area contributed by atoms with Gasteiger partial charge in [-0.05, 0) is 25.8 Å². The second-order valence-electron chi connectivity index (χ2n) is 7.49. The van der Waals surface area contributed by atoms with Crippen LogP contribution in [0.15, 0.2) is 17.0 Å². The van der Waals surface area contributed by atoms with Gasteiger partial charge in [0.15, 0.2) is 5.82 Å². The molecule has 0 bridgehead atoms. The predicted octanol–water partition coefficient (Wildman–Crippen LogP) is -0.771. The highest BCUT2D eigenvalue weighted by Gasteiger charge is 2.25. The number of carboxylic acid groups (broad SMARTS) is 2. The highest BCUT2D eigenvalue weighted by atomic mass is 16.5. The third kappa shape index (κ3) is 8.96. The Labute approximate surface area is 189 Å². The summed E-state index contributed by atoms with van der Waals surface area (Å²) in [6.07, 6.45) is 4.99. The molecule has 0 fully saturated rings. The van der Waals surface area contributed by atoms with Crippen LogP contribution < -0.4 is 22.1 Å². The molecule has 0 aromatic carbocycles. The van der Waals surface area contributed by atoms with Gasteiger partial charge in [0.05, 0.1) is 25.0 Å². The molecule has 2 heterocycles. The standard InChI is InChI=1S/C19H30N8O6/c20-6-2-1-3-12(21)17-26-18(33-27-17)13(4-5-16(29)30)23-9-15(28)25-14(19(31)32)7-11-8-22-10-24-11/h8,10,12-14,23H,1-7,9,20-21H2,(H,22,24)(H,25,28)(H,29,30)(H,31,32)/t12-,13-,14-/m0/s1. The molecule has 0 saturated heterocycles. The van der Waals surface area contributed by atoms with Crippen molar-refractivity contribution in [2.45, 2.75) is 56.7 Å². The molecule has 0 saturated carbocycles. The number of carbonyl (C=O) groups is 3. The molecule has 0 aliphatic heterocycles. The number of carbonyl (C=O) groups excluding carboxylic acids is 1. The average molecular weight is 466 g/mol. The topological polar surface area (TPSA) is 235 Å². The van der Waals surface area contributed by atoms with Crippen LogP contribution in [0.2, 0.25) is 0 Å². The Hall–Kier alpha value is -3.36. The average Bonchev–Trinajstić information content (AvgIpc) is 3.45. The van der Waals surface area contributed by atoms with Gasteiger partial charge in [0.1, 0.15) is 6.04 Å². The van der Waals surface area contributed by atoms with Crippen molar-refractivity contribution >= 4 is 17.8 Å². The van der Waals surface area contributed by atoms with Gasteiger partial charge in [0.25, 0.3) is 0 Å². The molecule has 3 atom stereocenters. The second-order valence-corrected chi connectivity index (χ2v) is 7.49. The number of amides is 1. The highest BCUT2D eigenvalue weighted by molar-refractivity contribution is 5.84.